The fraction of sp³-hybridized carbons (Fsp3) is 0.400. The van der Waals surface area contributed by atoms with E-state index in [0.29, 0.717) is 31.2 Å². The normalized spacial score (nSPS) is 19.8. The SMILES string of the molecule is CCn1cncc1S(=O)(=O)N1CCNCC1c1ccccc1Cl. The van der Waals surface area contributed by atoms with Gasteiger partial charge in [-0.3, -0.25) is 0 Å². The Balaban J connectivity index is 2.04. The van der Waals surface area contributed by atoms with Crippen LogP contribution in [0.5, 0.6) is 0 Å². The number of rotatable bonds is 4. The van der Waals surface area contributed by atoms with E-state index < -0.39 is 10.0 Å². The van der Waals surface area contributed by atoms with E-state index in [2.05, 4.69) is 10.3 Å². The molecule has 1 aromatic carbocycles. The van der Waals surface area contributed by atoms with Crippen molar-refractivity contribution in [3.05, 3.63) is 47.4 Å². The summed E-state index contributed by atoms with van der Waals surface area (Å²) in [7, 11) is -3.64. The van der Waals surface area contributed by atoms with Crippen LogP contribution in [0, 0.1) is 0 Å². The van der Waals surface area contributed by atoms with E-state index in [1.807, 2.05) is 25.1 Å². The lowest BCUT2D eigenvalue weighted by Crippen LogP contribution is -2.49. The van der Waals surface area contributed by atoms with Crippen molar-refractivity contribution >= 4 is 21.6 Å². The van der Waals surface area contributed by atoms with Gasteiger partial charge in [0.2, 0.25) is 0 Å². The molecule has 1 aliphatic rings. The second kappa shape index (κ2) is 6.60. The van der Waals surface area contributed by atoms with Gasteiger partial charge in [0.15, 0.2) is 5.03 Å². The van der Waals surface area contributed by atoms with Gasteiger partial charge in [-0.05, 0) is 18.6 Å². The summed E-state index contributed by atoms with van der Waals surface area (Å²) < 4.78 is 29.4. The van der Waals surface area contributed by atoms with E-state index in [0.717, 1.165) is 5.56 Å². The van der Waals surface area contributed by atoms with Crippen LogP contribution in [-0.2, 0) is 16.6 Å². The Morgan fingerprint density at radius 3 is 2.91 bits per heavy atom. The Bertz CT molecular complexity index is 790. The lowest BCUT2D eigenvalue weighted by atomic mass is 10.1. The van der Waals surface area contributed by atoms with Crippen molar-refractivity contribution < 1.29 is 8.42 Å². The number of benzene rings is 1. The number of halogens is 1. The van der Waals surface area contributed by atoms with E-state index in [1.54, 1.807) is 17.0 Å². The van der Waals surface area contributed by atoms with Crippen molar-refractivity contribution in [3.63, 3.8) is 0 Å². The van der Waals surface area contributed by atoms with Gasteiger partial charge in [0, 0.05) is 31.2 Å². The molecular formula is C15H19ClN4O2S. The number of aromatic nitrogens is 2. The average molecular weight is 355 g/mol. The molecule has 1 fully saturated rings. The molecular weight excluding hydrogens is 336 g/mol. The molecule has 0 spiro atoms. The molecule has 0 aliphatic carbocycles. The number of piperazine rings is 1. The summed E-state index contributed by atoms with van der Waals surface area (Å²) >= 11 is 6.29. The minimum absolute atomic E-state index is 0.221. The first-order valence-corrected chi connectivity index (χ1v) is 9.34. The summed E-state index contributed by atoms with van der Waals surface area (Å²) in [5.41, 5.74) is 0.813. The van der Waals surface area contributed by atoms with Crippen LogP contribution in [0.25, 0.3) is 0 Å². The summed E-state index contributed by atoms with van der Waals surface area (Å²) in [6.45, 7) is 3.98. The van der Waals surface area contributed by atoms with Crippen molar-refractivity contribution in [3.8, 4) is 0 Å². The van der Waals surface area contributed by atoms with Gasteiger partial charge < -0.3 is 9.88 Å². The van der Waals surface area contributed by atoms with Gasteiger partial charge in [0.05, 0.1) is 18.6 Å². The molecule has 6 nitrogen and oxygen atoms in total. The van der Waals surface area contributed by atoms with E-state index in [9.17, 15) is 8.42 Å². The Kier molecular flexibility index (Phi) is 4.72. The highest BCUT2D eigenvalue weighted by Crippen LogP contribution is 2.32. The van der Waals surface area contributed by atoms with Gasteiger partial charge in [0.25, 0.3) is 10.0 Å². The fourth-order valence-electron chi connectivity index (χ4n) is 2.86. The van der Waals surface area contributed by atoms with E-state index in [4.69, 9.17) is 11.6 Å². The molecule has 124 valence electrons. The number of hydrogen-bond donors (Lipinski definition) is 1. The Morgan fingerprint density at radius 2 is 2.17 bits per heavy atom. The topological polar surface area (TPSA) is 67.2 Å². The Hall–Kier alpha value is -1.41. The zero-order valence-electron chi connectivity index (χ0n) is 12.8. The van der Waals surface area contributed by atoms with Gasteiger partial charge in [-0.15, -0.1) is 0 Å². The predicted octanol–water partition coefficient (Wildman–Crippen LogP) is 1.89. The summed E-state index contributed by atoms with van der Waals surface area (Å²) in [6.07, 6.45) is 2.95. The van der Waals surface area contributed by atoms with E-state index >= 15 is 0 Å². The first-order chi connectivity index (χ1) is 11.1. The minimum atomic E-state index is -3.64. The smallest absolute Gasteiger partial charge is 0.260 e. The van der Waals surface area contributed by atoms with Crippen LogP contribution in [0.15, 0.2) is 41.8 Å². The van der Waals surface area contributed by atoms with Crippen LogP contribution >= 0.6 is 11.6 Å². The summed E-state index contributed by atoms with van der Waals surface area (Å²) in [5, 5.41) is 4.05. The zero-order valence-corrected chi connectivity index (χ0v) is 14.4. The van der Waals surface area contributed by atoms with E-state index in [1.165, 1.54) is 10.5 Å². The molecule has 1 unspecified atom stereocenters. The number of hydrogen-bond acceptors (Lipinski definition) is 4. The number of nitrogens with zero attached hydrogens (tertiary/aromatic N) is 3. The molecule has 2 aromatic rings. The average Bonchev–Trinajstić information content (AvgIpc) is 3.05. The quantitative estimate of drug-likeness (QED) is 0.910. The number of imidazole rings is 1. The summed E-state index contributed by atoms with van der Waals surface area (Å²) in [6, 6.07) is 7.04. The van der Waals surface area contributed by atoms with Crippen molar-refractivity contribution in [2.45, 2.75) is 24.5 Å². The Labute approximate surface area is 141 Å². The lowest BCUT2D eigenvalue weighted by Gasteiger charge is -2.35. The molecule has 2 heterocycles. The van der Waals surface area contributed by atoms with Crippen LogP contribution < -0.4 is 5.32 Å². The standard InChI is InChI=1S/C15H19ClN4O2S/c1-2-19-11-18-10-15(19)23(21,22)20-8-7-17-9-14(20)12-5-3-4-6-13(12)16/h3-6,10-11,14,17H,2,7-9H2,1H3. The molecule has 1 N–H and O–H groups in total. The third kappa shape index (κ3) is 3.01. The van der Waals surface area contributed by atoms with Crippen molar-refractivity contribution in [2.75, 3.05) is 19.6 Å². The maximum Gasteiger partial charge on any atom is 0.260 e. The van der Waals surface area contributed by atoms with Crippen molar-refractivity contribution in [1.82, 2.24) is 19.2 Å². The van der Waals surface area contributed by atoms with Crippen molar-refractivity contribution in [2.24, 2.45) is 0 Å². The predicted molar refractivity (Wildman–Crippen MR) is 88.9 cm³/mol. The molecule has 3 rings (SSSR count). The molecule has 1 aliphatic heterocycles. The molecule has 1 atom stereocenters. The van der Waals surface area contributed by atoms with Crippen LogP contribution in [-0.4, -0.2) is 41.9 Å². The van der Waals surface area contributed by atoms with Gasteiger partial charge in [-0.1, -0.05) is 29.8 Å². The highest BCUT2D eigenvalue weighted by Gasteiger charge is 2.36. The second-order valence-electron chi connectivity index (χ2n) is 5.38. The molecule has 23 heavy (non-hydrogen) atoms. The molecule has 0 amide bonds. The highest BCUT2D eigenvalue weighted by atomic mass is 35.5. The zero-order chi connectivity index (χ0) is 16.4. The number of sulfonamides is 1. The van der Waals surface area contributed by atoms with Gasteiger partial charge in [-0.25, -0.2) is 13.4 Å². The maximum absolute atomic E-state index is 13.1. The molecule has 0 radical (unpaired) electrons. The summed E-state index contributed by atoms with van der Waals surface area (Å²) in [5.74, 6) is 0. The number of nitrogens with one attached hydrogen (secondary N) is 1. The van der Waals surface area contributed by atoms with Gasteiger partial charge in [0.1, 0.15) is 0 Å². The molecule has 0 bridgehead atoms. The van der Waals surface area contributed by atoms with Gasteiger partial charge in [-0.2, -0.15) is 4.31 Å². The van der Waals surface area contributed by atoms with Crippen LogP contribution in [0.2, 0.25) is 5.02 Å². The number of aryl methyl sites for hydroxylation is 1. The molecule has 1 aromatic heterocycles. The second-order valence-corrected chi connectivity index (χ2v) is 7.62. The molecule has 0 saturated carbocycles. The summed E-state index contributed by atoms with van der Waals surface area (Å²) in [4.78, 5) is 3.98. The first kappa shape index (κ1) is 16.4. The largest absolute Gasteiger partial charge is 0.321 e. The van der Waals surface area contributed by atoms with Crippen LogP contribution in [0.1, 0.15) is 18.5 Å². The lowest BCUT2D eigenvalue weighted by molar-refractivity contribution is 0.270. The fourth-order valence-corrected chi connectivity index (χ4v) is 4.89. The third-order valence-corrected chi connectivity index (χ3v) is 6.31. The van der Waals surface area contributed by atoms with Gasteiger partial charge >= 0.3 is 0 Å². The van der Waals surface area contributed by atoms with Crippen LogP contribution in [0.3, 0.4) is 0 Å². The maximum atomic E-state index is 13.1. The Morgan fingerprint density at radius 1 is 1.39 bits per heavy atom. The molecule has 8 heteroatoms. The highest BCUT2D eigenvalue weighted by molar-refractivity contribution is 7.89. The first-order valence-electron chi connectivity index (χ1n) is 7.53. The minimum Gasteiger partial charge on any atom is -0.321 e. The molecule has 1 saturated heterocycles. The van der Waals surface area contributed by atoms with E-state index in [-0.39, 0.29) is 11.1 Å². The van der Waals surface area contributed by atoms with Crippen molar-refractivity contribution in [1.29, 1.82) is 0 Å². The van der Waals surface area contributed by atoms with Crippen LogP contribution in [0.4, 0.5) is 0 Å². The third-order valence-electron chi connectivity index (χ3n) is 4.05. The monoisotopic (exact) mass is 354 g/mol.